The van der Waals surface area contributed by atoms with Gasteiger partial charge in [0.25, 0.3) is 0 Å². The summed E-state index contributed by atoms with van der Waals surface area (Å²) in [6.07, 6.45) is 4.25. The molecule has 0 atom stereocenters. The number of ether oxygens (including phenoxy) is 1. The van der Waals surface area contributed by atoms with Gasteiger partial charge in [0.15, 0.2) is 0 Å². The Morgan fingerprint density at radius 3 is 2.80 bits per heavy atom. The van der Waals surface area contributed by atoms with Crippen molar-refractivity contribution < 1.29 is 14.3 Å². The van der Waals surface area contributed by atoms with E-state index in [-0.39, 0.29) is 6.61 Å². The monoisotopic (exact) mass is 202 g/mol. The van der Waals surface area contributed by atoms with Gasteiger partial charge in [-0.2, -0.15) is 4.79 Å². The van der Waals surface area contributed by atoms with Crippen molar-refractivity contribution in [3.63, 3.8) is 0 Å². The van der Waals surface area contributed by atoms with Gasteiger partial charge >= 0.3 is 12.2 Å². The fourth-order valence-corrected chi connectivity index (χ4v) is 0.963. The maximum atomic E-state index is 10.7. The average Bonchev–Trinajstić information content (AvgIpc) is 2.26. The lowest BCUT2D eigenvalue weighted by molar-refractivity contribution is -0.137. The number of rotatable bonds is 4. The van der Waals surface area contributed by atoms with E-state index in [0.29, 0.717) is 6.21 Å². The Kier molecular flexibility index (Phi) is 4.57. The molecule has 0 fully saturated rings. The van der Waals surface area contributed by atoms with E-state index in [0.717, 1.165) is 5.56 Å². The van der Waals surface area contributed by atoms with Crippen LogP contribution in [0.4, 0.5) is 0 Å². The zero-order valence-electron chi connectivity index (χ0n) is 8.04. The molecule has 0 heterocycles. The molecule has 1 aromatic carbocycles. The first-order chi connectivity index (χ1) is 7.33. The van der Waals surface area contributed by atoms with Crippen molar-refractivity contribution in [3.05, 3.63) is 47.5 Å². The van der Waals surface area contributed by atoms with Crippen LogP contribution in [0.15, 0.2) is 36.4 Å². The number of nitrogens with zero attached hydrogens (tertiary/aromatic N) is 2. The number of carbonyl (C=O) groups excluding carboxylic acids is 1. The molecule has 0 radical (unpaired) electrons. The SMILES string of the molecule is [N-]=[N+]=CC(=O)OCC=Cc1ccccc1. The maximum Gasteiger partial charge on any atom is 0.413 e. The highest BCUT2D eigenvalue weighted by Gasteiger charge is 1.99. The van der Waals surface area contributed by atoms with Crippen LogP contribution in [-0.4, -0.2) is 23.6 Å². The molecule has 4 nitrogen and oxygen atoms in total. The second-order valence-corrected chi connectivity index (χ2v) is 2.69. The van der Waals surface area contributed by atoms with Crippen molar-refractivity contribution in [2.45, 2.75) is 0 Å². The van der Waals surface area contributed by atoms with Crippen molar-refractivity contribution in [2.24, 2.45) is 0 Å². The highest BCUT2D eigenvalue weighted by Crippen LogP contribution is 2.00. The van der Waals surface area contributed by atoms with Gasteiger partial charge in [0.05, 0.1) is 0 Å². The second kappa shape index (κ2) is 6.29. The molecule has 0 saturated carbocycles. The molecule has 0 saturated heterocycles. The second-order valence-electron chi connectivity index (χ2n) is 2.69. The summed E-state index contributed by atoms with van der Waals surface area (Å²) in [6, 6.07) is 9.64. The van der Waals surface area contributed by atoms with E-state index in [4.69, 9.17) is 5.53 Å². The lowest BCUT2D eigenvalue weighted by Gasteiger charge is -1.93. The minimum atomic E-state index is -0.671. The Bertz CT molecular complexity index is 392. The lowest BCUT2D eigenvalue weighted by atomic mass is 10.2. The van der Waals surface area contributed by atoms with Crippen molar-refractivity contribution in [2.75, 3.05) is 6.61 Å². The van der Waals surface area contributed by atoms with E-state index in [9.17, 15) is 4.79 Å². The number of esters is 1. The molecule has 4 heteroatoms. The van der Waals surface area contributed by atoms with Gasteiger partial charge < -0.3 is 10.3 Å². The first-order valence-electron chi connectivity index (χ1n) is 4.38. The fourth-order valence-electron chi connectivity index (χ4n) is 0.963. The fraction of sp³-hybridized carbons (Fsp3) is 0.0909. The topological polar surface area (TPSA) is 62.7 Å². The van der Waals surface area contributed by atoms with E-state index in [1.54, 1.807) is 6.08 Å². The predicted octanol–water partition coefficient (Wildman–Crippen LogP) is 1.54. The van der Waals surface area contributed by atoms with Gasteiger partial charge in [0, 0.05) is 0 Å². The van der Waals surface area contributed by atoms with E-state index < -0.39 is 5.97 Å². The van der Waals surface area contributed by atoms with Crippen LogP contribution in [0.5, 0.6) is 0 Å². The summed E-state index contributed by atoms with van der Waals surface area (Å²) < 4.78 is 4.67. The molecule has 15 heavy (non-hydrogen) atoms. The van der Waals surface area contributed by atoms with E-state index >= 15 is 0 Å². The quantitative estimate of drug-likeness (QED) is 0.322. The molecule has 0 aliphatic heterocycles. The molecule has 0 amide bonds. The molecular weight excluding hydrogens is 192 g/mol. The van der Waals surface area contributed by atoms with Crippen LogP contribution in [0.3, 0.4) is 0 Å². The molecule has 0 aliphatic carbocycles. The zero-order chi connectivity index (χ0) is 10.9. The van der Waals surface area contributed by atoms with Crippen LogP contribution in [0.2, 0.25) is 0 Å². The summed E-state index contributed by atoms with van der Waals surface area (Å²) >= 11 is 0. The lowest BCUT2D eigenvalue weighted by Crippen LogP contribution is -2.05. The van der Waals surface area contributed by atoms with Gasteiger partial charge in [-0.15, -0.1) is 0 Å². The summed E-state index contributed by atoms with van der Waals surface area (Å²) in [5.41, 5.74) is 9.05. The van der Waals surface area contributed by atoms with Crippen LogP contribution in [-0.2, 0) is 9.53 Å². The van der Waals surface area contributed by atoms with Gasteiger partial charge in [-0.1, -0.05) is 36.4 Å². The predicted molar refractivity (Wildman–Crippen MR) is 56.1 cm³/mol. The minimum absolute atomic E-state index is 0.153. The van der Waals surface area contributed by atoms with Crippen molar-refractivity contribution >= 4 is 18.3 Å². The van der Waals surface area contributed by atoms with Crippen molar-refractivity contribution in [3.8, 4) is 0 Å². The van der Waals surface area contributed by atoms with Gasteiger partial charge in [0.2, 0.25) is 0 Å². The van der Waals surface area contributed by atoms with Crippen molar-refractivity contribution in [1.29, 1.82) is 0 Å². The first kappa shape index (κ1) is 10.9. The van der Waals surface area contributed by atoms with Crippen LogP contribution in [0.25, 0.3) is 11.6 Å². The van der Waals surface area contributed by atoms with E-state index in [1.807, 2.05) is 36.4 Å². The Balaban J connectivity index is 2.35. The Labute approximate surface area is 87.4 Å². The molecule has 76 valence electrons. The van der Waals surface area contributed by atoms with Crippen LogP contribution >= 0.6 is 0 Å². The Hall–Kier alpha value is -2.19. The molecule has 0 bridgehead atoms. The summed E-state index contributed by atoms with van der Waals surface area (Å²) in [4.78, 5) is 13.2. The molecule has 1 rings (SSSR count). The number of carbonyl (C=O) groups is 1. The average molecular weight is 202 g/mol. The standard InChI is InChI=1S/C11H10N2O2/c12-13-9-11(14)15-8-4-7-10-5-2-1-3-6-10/h1-7,9H,8H2. The number of hydrogen-bond donors (Lipinski definition) is 0. The summed E-state index contributed by atoms with van der Waals surface area (Å²) in [6.45, 7) is 0.153. The minimum Gasteiger partial charge on any atom is -0.453 e. The zero-order valence-corrected chi connectivity index (χ0v) is 8.04. The van der Waals surface area contributed by atoms with E-state index in [2.05, 4.69) is 9.53 Å². The molecule has 0 N–H and O–H groups in total. The highest BCUT2D eigenvalue weighted by atomic mass is 16.5. The van der Waals surface area contributed by atoms with Crippen LogP contribution in [0.1, 0.15) is 5.56 Å². The molecule has 1 aromatic rings. The van der Waals surface area contributed by atoms with Gasteiger partial charge in [0.1, 0.15) is 6.61 Å². The van der Waals surface area contributed by atoms with Gasteiger partial charge in [-0.3, -0.25) is 0 Å². The largest absolute Gasteiger partial charge is 0.453 e. The summed E-state index contributed by atoms with van der Waals surface area (Å²) in [7, 11) is 0. The molecule has 0 aromatic heterocycles. The van der Waals surface area contributed by atoms with E-state index in [1.165, 1.54) is 0 Å². The first-order valence-corrected chi connectivity index (χ1v) is 4.38. The molecule has 0 aliphatic rings. The van der Waals surface area contributed by atoms with Gasteiger partial charge in [-0.25, -0.2) is 4.79 Å². The Morgan fingerprint density at radius 2 is 2.13 bits per heavy atom. The third-order valence-corrected chi connectivity index (χ3v) is 1.59. The maximum absolute atomic E-state index is 10.7. The van der Waals surface area contributed by atoms with Crippen LogP contribution in [0, 0.1) is 0 Å². The summed E-state index contributed by atoms with van der Waals surface area (Å²) in [5.74, 6) is -0.671. The van der Waals surface area contributed by atoms with Crippen LogP contribution < -0.4 is 0 Å². The van der Waals surface area contributed by atoms with Crippen molar-refractivity contribution in [1.82, 2.24) is 0 Å². The summed E-state index contributed by atoms with van der Waals surface area (Å²) in [5, 5.41) is 0. The Morgan fingerprint density at radius 1 is 1.40 bits per heavy atom. The normalized spacial score (nSPS) is 9.60. The van der Waals surface area contributed by atoms with Gasteiger partial charge in [-0.05, 0) is 11.6 Å². The smallest absolute Gasteiger partial charge is 0.413 e. The highest BCUT2D eigenvalue weighted by molar-refractivity contribution is 6.20. The number of benzene rings is 1. The third kappa shape index (κ3) is 4.55. The molecular formula is C11H10N2O2. The molecule has 0 unspecified atom stereocenters. The molecule has 0 spiro atoms. The third-order valence-electron chi connectivity index (χ3n) is 1.59. The number of hydrogen-bond acceptors (Lipinski definition) is 2.